The number of carbonyl (C=O) groups is 1. The summed E-state index contributed by atoms with van der Waals surface area (Å²) in [6, 6.07) is 9.41. The maximum atomic E-state index is 13.2. The Kier molecular flexibility index (Phi) is 7.45. The Morgan fingerprint density at radius 2 is 2.00 bits per heavy atom. The molecule has 0 unspecified atom stereocenters. The smallest absolute Gasteiger partial charge is 0.262 e. The number of nitrogens with zero attached hydrogens (tertiary/aromatic N) is 1. The molecule has 0 fully saturated rings. The molecule has 0 spiro atoms. The molecule has 0 aliphatic carbocycles. The Morgan fingerprint density at radius 1 is 1.24 bits per heavy atom. The Balaban J connectivity index is 1.62. The normalized spacial score (nSPS) is 14.7. The number of amides is 1. The second-order valence-corrected chi connectivity index (χ2v) is 10.4. The van der Waals surface area contributed by atoms with Crippen molar-refractivity contribution in [2.75, 3.05) is 26.3 Å². The molecule has 29 heavy (non-hydrogen) atoms. The van der Waals surface area contributed by atoms with E-state index in [0.717, 1.165) is 16.9 Å². The van der Waals surface area contributed by atoms with Crippen molar-refractivity contribution >= 4 is 27.3 Å². The van der Waals surface area contributed by atoms with E-state index in [1.807, 2.05) is 24.3 Å². The molecule has 2 aromatic rings. The summed E-state index contributed by atoms with van der Waals surface area (Å²) in [6.07, 6.45) is 1.37. The van der Waals surface area contributed by atoms with Gasteiger partial charge in [-0.1, -0.05) is 38.1 Å². The standard InChI is InChI=1S/C21H28N2O4S2/c1-16(2)15-27-12-5-10-22-21(24)20-19(9-13-28-20)29(25,26)23-11-8-17-6-3-4-7-18(17)14-23/h3-4,6-7,9,13,16H,5,8,10-12,14-15H2,1-2H3,(H,22,24). The average molecular weight is 437 g/mol. The van der Waals surface area contributed by atoms with Crippen LogP contribution in [0.5, 0.6) is 0 Å². The lowest BCUT2D eigenvalue weighted by Crippen LogP contribution is -2.37. The molecule has 1 aromatic heterocycles. The van der Waals surface area contributed by atoms with Gasteiger partial charge in [0, 0.05) is 32.8 Å². The van der Waals surface area contributed by atoms with Crippen molar-refractivity contribution in [2.45, 2.75) is 38.1 Å². The lowest BCUT2D eigenvalue weighted by molar-refractivity contribution is 0.0925. The van der Waals surface area contributed by atoms with Crippen LogP contribution in [0.3, 0.4) is 0 Å². The summed E-state index contributed by atoms with van der Waals surface area (Å²) in [5.74, 6) is 0.130. The quantitative estimate of drug-likeness (QED) is 0.612. The van der Waals surface area contributed by atoms with E-state index in [-0.39, 0.29) is 15.7 Å². The van der Waals surface area contributed by atoms with E-state index in [0.29, 0.717) is 51.6 Å². The number of nitrogens with one attached hydrogen (secondary N) is 1. The van der Waals surface area contributed by atoms with Gasteiger partial charge in [0.25, 0.3) is 5.91 Å². The molecule has 1 amide bonds. The van der Waals surface area contributed by atoms with Crippen LogP contribution >= 0.6 is 11.3 Å². The summed E-state index contributed by atoms with van der Waals surface area (Å²) in [5.41, 5.74) is 2.20. The number of hydrogen-bond acceptors (Lipinski definition) is 5. The summed E-state index contributed by atoms with van der Waals surface area (Å²) in [4.78, 5) is 12.9. The molecule has 158 valence electrons. The number of fused-ring (bicyclic) bond motifs is 1. The van der Waals surface area contributed by atoms with Crippen LogP contribution < -0.4 is 5.32 Å². The van der Waals surface area contributed by atoms with E-state index in [1.54, 1.807) is 5.38 Å². The molecule has 1 aliphatic rings. The van der Waals surface area contributed by atoms with E-state index in [2.05, 4.69) is 19.2 Å². The number of benzene rings is 1. The van der Waals surface area contributed by atoms with Crippen molar-refractivity contribution in [1.29, 1.82) is 0 Å². The lowest BCUT2D eigenvalue weighted by atomic mass is 10.0. The van der Waals surface area contributed by atoms with Crippen molar-refractivity contribution in [3.63, 3.8) is 0 Å². The Labute approximate surface area is 176 Å². The predicted octanol–water partition coefficient (Wildman–Crippen LogP) is 3.29. The summed E-state index contributed by atoms with van der Waals surface area (Å²) in [5, 5.41) is 4.47. The van der Waals surface area contributed by atoms with E-state index < -0.39 is 10.0 Å². The molecule has 2 heterocycles. The van der Waals surface area contributed by atoms with Crippen LogP contribution in [-0.4, -0.2) is 44.9 Å². The molecule has 0 radical (unpaired) electrons. The maximum absolute atomic E-state index is 13.2. The molecule has 1 aliphatic heterocycles. The minimum atomic E-state index is -3.73. The highest BCUT2D eigenvalue weighted by molar-refractivity contribution is 7.89. The predicted molar refractivity (Wildman–Crippen MR) is 115 cm³/mol. The van der Waals surface area contributed by atoms with E-state index >= 15 is 0 Å². The van der Waals surface area contributed by atoms with Crippen LogP contribution in [-0.2, 0) is 27.7 Å². The highest BCUT2D eigenvalue weighted by Gasteiger charge is 2.32. The van der Waals surface area contributed by atoms with Crippen LogP contribution in [0.1, 0.15) is 41.1 Å². The molecule has 3 rings (SSSR count). The minimum absolute atomic E-state index is 0.0930. The largest absolute Gasteiger partial charge is 0.381 e. The van der Waals surface area contributed by atoms with Crippen molar-refractivity contribution in [1.82, 2.24) is 9.62 Å². The van der Waals surface area contributed by atoms with Gasteiger partial charge >= 0.3 is 0 Å². The third-order valence-electron chi connectivity index (χ3n) is 4.75. The number of hydrogen-bond donors (Lipinski definition) is 1. The van der Waals surface area contributed by atoms with Crippen LogP contribution in [0.25, 0.3) is 0 Å². The van der Waals surface area contributed by atoms with Gasteiger partial charge in [-0.25, -0.2) is 8.42 Å². The second kappa shape index (κ2) is 9.84. The van der Waals surface area contributed by atoms with Crippen molar-refractivity contribution < 1.29 is 17.9 Å². The average Bonchev–Trinajstić information content (AvgIpc) is 3.21. The molecule has 0 saturated heterocycles. The van der Waals surface area contributed by atoms with Crippen LogP contribution in [0, 0.1) is 5.92 Å². The fourth-order valence-electron chi connectivity index (χ4n) is 3.26. The van der Waals surface area contributed by atoms with Crippen LogP contribution in [0.4, 0.5) is 0 Å². The first-order valence-electron chi connectivity index (χ1n) is 9.90. The molecular weight excluding hydrogens is 408 g/mol. The zero-order valence-corrected chi connectivity index (χ0v) is 18.5. The van der Waals surface area contributed by atoms with Crippen molar-refractivity contribution in [3.05, 3.63) is 51.7 Å². The van der Waals surface area contributed by atoms with Gasteiger partial charge < -0.3 is 10.1 Å². The number of sulfonamides is 1. The zero-order chi connectivity index (χ0) is 20.9. The zero-order valence-electron chi connectivity index (χ0n) is 16.9. The molecule has 6 nitrogen and oxygen atoms in total. The fraction of sp³-hybridized carbons (Fsp3) is 0.476. The maximum Gasteiger partial charge on any atom is 0.262 e. The SMILES string of the molecule is CC(C)COCCCNC(=O)c1sccc1S(=O)(=O)N1CCc2ccccc2C1. The second-order valence-electron chi connectivity index (χ2n) is 7.55. The molecule has 1 N–H and O–H groups in total. The van der Waals surface area contributed by atoms with Gasteiger partial charge in [-0.05, 0) is 41.3 Å². The van der Waals surface area contributed by atoms with Gasteiger partial charge in [0.1, 0.15) is 9.77 Å². The summed E-state index contributed by atoms with van der Waals surface area (Å²) >= 11 is 1.16. The fourth-order valence-corrected chi connectivity index (χ4v) is 5.99. The van der Waals surface area contributed by atoms with Crippen molar-refractivity contribution in [2.24, 2.45) is 5.92 Å². The number of thiophene rings is 1. The van der Waals surface area contributed by atoms with Crippen molar-refractivity contribution in [3.8, 4) is 0 Å². The van der Waals surface area contributed by atoms with Crippen LogP contribution in [0.2, 0.25) is 0 Å². The Hall–Kier alpha value is -1.74. The highest BCUT2D eigenvalue weighted by Crippen LogP contribution is 2.29. The van der Waals surface area contributed by atoms with E-state index in [1.165, 1.54) is 15.9 Å². The van der Waals surface area contributed by atoms with Gasteiger partial charge in [-0.2, -0.15) is 4.31 Å². The van der Waals surface area contributed by atoms with Gasteiger partial charge in [-0.15, -0.1) is 11.3 Å². The van der Waals surface area contributed by atoms with E-state index in [4.69, 9.17) is 4.74 Å². The molecule has 1 aromatic carbocycles. The lowest BCUT2D eigenvalue weighted by Gasteiger charge is -2.28. The van der Waals surface area contributed by atoms with Gasteiger partial charge in [0.05, 0.1) is 0 Å². The van der Waals surface area contributed by atoms with Gasteiger partial charge in [0.2, 0.25) is 10.0 Å². The first-order valence-corrected chi connectivity index (χ1v) is 12.2. The molecule has 8 heteroatoms. The molecular formula is C21H28N2O4S2. The first-order chi connectivity index (χ1) is 13.9. The Morgan fingerprint density at radius 3 is 2.76 bits per heavy atom. The third-order valence-corrected chi connectivity index (χ3v) is 7.68. The first kappa shape index (κ1) is 22.0. The molecule has 0 saturated carbocycles. The summed E-state index contributed by atoms with van der Waals surface area (Å²) < 4.78 is 33.4. The summed E-state index contributed by atoms with van der Waals surface area (Å²) in [7, 11) is -3.73. The Bertz CT molecular complexity index is 938. The number of ether oxygens (including phenoxy) is 1. The molecule has 0 atom stereocenters. The summed E-state index contributed by atoms with van der Waals surface area (Å²) in [6.45, 7) is 6.64. The highest BCUT2D eigenvalue weighted by atomic mass is 32.2. The number of carbonyl (C=O) groups excluding carboxylic acids is 1. The topological polar surface area (TPSA) is 75.7 Å². The monoisotopic (exact) mass is 436 g/mol. The molecule has 0 bridgehead atoms. The van der Waals surface area contributed by atoms with Gasteiger partial charge in [-0.3, -0.25) is 4.79 Å². The third kappa shape index (κ3) is 5.45. The van der Waals surface area contributed by atoms with Gasteiger partial charge in [0.15, 0.2) is 0 Å². The van der Waals surface area contributed by atoms with E-state index in [9.17, 15) is 13.2 Å². The number of rotatable bonds is 9. The van der Waals surface area contributed by atoms with Crippen LogP contribution in [0.15, 0.2) is 40.6 Å². The minimum Gasteiger partial charge on any atom is -0.381 e.